The topological polar surface area (TPSA) is 20.2 Å². The van der Waals surface area contributed by atoms with E-state index in [9.17, 15) is 5.11 Å². The Labute approximate surface area is 104 Å². The fourth-order valence-electron chi connectivity index (χ4n) is 1.38. The molecule has 1 radical (unpaired) electrons. The van der Waals surface area contributed by atoms with Crippen LogP contribution in [0.15, 0.2) is 48.5 Å². The Morgan fingerprint density at radius 2 is 1.00 bits per heavy atom. The van der Waals surface area contributed by atoms with Crippen molar-refractivity contribution in [2.75, 3.05) is 0 Å². The molecule has 0 unspecified atom stereocenters. The zero-order valence-electron chi connectivity index (χ0n) is 8.32. The third kappa shape index (κ3) is 2.56. The summed E-state index contributed by atoms with van der Waals surface area (Å²) in [6, 6.07) is 14.0. The highest BCUT2D eigenvalue weighted by Gasteiger charge is 2.11. The van der Waals surface area contributed by atoms with E-state index in [1.807, 2.05) is 0 Å². The van der Waals surface area contributed by atoms with E-state index in [4.69, 9.17) is 23.2 Å². The minimum Gasteiger partial charge on any atom is -0.377 e. The lowest BCUT2D eigenvalue weighted by Crippen LogP contribution is -1.99. The summed E-state index contributed by atoms with van der Waals surface area (Å²) in [6.45, 7) is 0. The van der Waals surface area contributed by atoms with Crippen molar-refractivity contribution in [3.63, 3.8) is 0 Å². The molecule has 1 nitrogen and oxygen atoms in total. The maximum atomic E-state index is 10.0. The Kier molecular flexibility index (Phi) is 3.49. The standard InChI is InChI=1S/C13H9Cl2O/c14-11-5-1-9(2-6-11)13(16)10-3-7-12(15)8-4-10/h1-8,16H. The molecular weight excluding hydrogens is 243 g/mol. The van der Waals surface area contributed by atoms with E-state index >= 15 is 0 Å². The highest BCUT2D eigenvalue weighted by Crippen LogP contribution is 2.23. The van der Waals surface area contributed by atoms with Gasteiger partial charge in [0.25, 0.3) is 0 Å². The summed E-state index contributed by atoms with van der Waals surface area (Å²) in [5.41, 5.74) is 1.46. The van der Waals surface area contributed by atoms with Crippen LogP contribution < -0.4 is 0 Å². The van der Waals surface area contributed by atoms with Crippen molar-refractivity contribution in [1.29, 1.82) is 0 Å². The van der Waals surface area contributed by atoms with E-state index < -0.39 is 0 Å². The minimum absolute atomic E-state index is 0.216. The van der Waals surface area contributed by atoms with Gasteiger partial charge in [0.05, 0.1) is 0 Å². The van der Waals surface area contributed by atoms with Gasteiger partial charge in [-0.3, -0.25) is 0 Å². The molecule has 2 aromatic carbocycles. The molecule has 0 saturated heterocycles. The highest BCUT2D eigenvalue weighted by atomic mass is 35.5. The van der Waals surface area contributed by atoms with Crippen LogP contribution in [0.3, 0.4) is 0 Å². The number of aliphatic hydroxyl groups is 1. The largest absolute Gasteiger partial charge is 0.377 e. The van der Waals surface area contributed by atoms with Crippen molar-refractivity contribution in [2.24, 2.45) is 0 Å². The van der Waals surface area contributed by atoms with Gasteiger partial charge in [-0.1, -0.05) is 47.5 Å². The van der Waals surface area contributed by atoms with Crippen LogP contribution in [-0.4, -0.2) is 5.11 Å². The smallest absolute Gasteiger partial charge is 0.152 e. The lowest BCUT2D eigenvalue weighted by molar-refractivity contribution is 0.356. The van der Waals surface area contributed by atoms with Crippen molar-refractivity contribution >= 4 is 23.2 Å². The molecule has 81 valence electrons. The number of benzene rings is 2. The van der Waals surface area contributed by atoms with Crippen LogP contribution >= 0.6 is 23.2 Å². The molecular formula is C13H9Cl2O. The molecule has 1 N–H and O–H groups in total. The van der Waals surface area contributed by atoms with Crippen LogP contribution in [0.4, 0.5) is 0 Å². The molecule has 0 fully saturated rings. The minimum atomic E-state index is 0.216. The summed E-state index contributed by atoms with van der Waals surface area (Å²) >= 11 is 11.5. The van der Waals surface area contributed by atoms with Crippen molar-refractivity contribution in [3.05, 3.63) is 75.8 Å². The molecule has 16 heavy (non-hydrogen) atoms. The lowest BCUT2D eigenvalue weighted by Gasteiger charge is -2.09. The van der Waals surface area contributed by atoms with Gasteiger partial charge in [0, 0.05) is 10.0 Å². The van der Waals surface area contributed by atoms with E-state index in [0.29, 0.717) is 10.0 Å². The van der Waals surface area contributed by atoms with Gasteiger partial charge in [-0.25, -0.2) is 0 Å². The molecule has 0 saturated carbocycles. The predicted octanol–water partition coefficient (Wildman–Crippen LogP) is 4.29. The highest BCUT2D eigenvalue weighted by molar-refractivity contribution is 6.30. The van der Waals surface area contributed by atoms with Gasteiger partial charge in [0.2, 0.25) is 0 Å². The molecule has 0 heterocycles. The normalized spacial score (nSPS) is 10.8. The molecule has 0 aliphatic carbocycles. The zero-order chi connectivity index (χ0) is 11.5. The van der Waals surface area contributed by atoms with E-state index in [0.717, 1.165) is 11.1 Å². The molecule has 2 rings (SSSR count). The van der Waals surface area contributed by atoms with Crippen LogP contribution in [0.1, 0.15) is 11.1 Å². The molecule has 0 aliphatic rings. The number of rotatable bonds is 2. The van der Waals surface area contributed by atoms with E-state index in [1.54, 1.807) is 48.5 Å². The van der Waals surface area contributed by atoms with Crippen molar-refractivity contribution in [1.82, 2.24) is 0 Å². The van der Waals surface area contributed by atoms with Crippen LogP contribution in [0.25, 0.3) is 0 Å². The summed E-state index contributed by atoms with van der Waals surface area (Å²) in [5, 5.41) is 11.3. The van der Waals surface area contributed by atoms with Gasteiger partial charge in [0.15, 0.2) is 6.10 Å². The molecule has 3 heteroatoms. The number of halogens is 2. The average molecular weight is 252 g/mol. The molecule has 0 bridgehead atoms. The lowest BCUT2D eigenvalue weighted by atomic mass is 10.0. The van der Waals surface area contributed by atoms with Gasteiger partial charge in [0.1, 0.15) is 0 Å². The van der Waals surface area contributed by atoms with E-state index in [2.05, 4.69) is 0 Å². The maximum Gasteiger partial charge on any atom is 0.152 e. The molecule has 0 aromatic heterocycles. The van der Waals surface area contributed by atoms with Crippen molar-refractivity contribution < 1.29 is 5.11 Å². The van der Waals surface area contributed by atoms with Gasteiger partial charge < -0.3 is 5.11 Å². The molecule has 0 amide bonds. The number of hydrogen-bond donors (Lipinski definition) is 1. The molecule has 2 aromatic rings. The summed E-state index contributed by atoms with van der Waals surface area (Å²) in [7, 11) is 0. The summed E-state index contributed by atoms with van der Waals surface area (Å²) < 4.78 is 0. The Bertz CT molecular complexity index is 417. The Morgan fingerprint density at radius 3 is 1.31 bits per heavy atom. The van der Waals surface area contributed by atoms with Crippen LogP contribution in [0.2, 0.25) is 10.0 Å². The third-order valence-corrected chi connectivity index (χ3v) is 2.74. The Morgan fingerprint density at radius 1 is 0.688 bits per heavy atom. The zero-order valence-corrected chi connectivity index (χ0v) is 9.83. The first kappa shape index (κ1) is 11.5. The maximum absolute atomic E-state index is 10.0. The first-order chi connectivity index (χ1) is 7.66. The van der Waals surface area contributed by atoms with Crippen molar-refractivity contribution in [2.45, 2.75) is 0 Å². The molecule has 0 aliphatic heterocycles. The summed E-state index contributed by atoms with van der Waals surface area (Å²) in [4.78, 5) is 0. The van der Waals surface area contributed by atoms with E-state index in [-0.39, 0.29) is 6.10 Å². The summed E-state index contributed by atoms with van der Waals surface area (Å²) in [5.74, 6) is 0. The second-order valence-electron chi connectivity index (χ2n) is 3.36. The molecule has 0 spiro atoms. The van der Waals surface area contributed by atoms with Gasteiger partial charge >= 0.3 is 0 Å². The first-order valence-corrected chi connectivity index (χ1v) is 5.50. The average Bonchev–Trinajstić information content (AvgIpc) is 2.30. The molecule has 0 atom stereocenters. The monoisotopic (exact) mass is 251 g/mol. The second kappa shape index (κ2) is 4.88. The quantitative estimate of drug-likeness (QED) is 0.845. The number of hydrogen-bond acceptors (Lipinski definition) is 1. The summed E-state index contributed by atoms with van der Waals surface area (Å²) in [6.07, 6.45) is 0.216. The Hall–Kier alpha value is -1.02. The van der Waals surface area contributed by atoms with Gasteiger partial charge in [-0.15, -0.1) is 0 Å². The van der Waals surface area contributed by atoms with Crippen molar-refractivity contribution in [3.8, 4) is 0 Å². The van der Waals surface area contributed by atoms with Gasteiger partial charge in [-0.05, 0) is 35.4 Å². The fraction of sp³-hybridized carbons (Fsp3) is 0. The van der Waals surface area contributed by atoms with E-state index in [1.165, 1.54) is 0 Å². The fourth-order valence-corrected chi connectivity index (χ4v) is 1.63. The first-order valence-electron chi connectivity index (χ1n) is 4.74. The second-order valence-corrected chi connectivity index (χ2v) is 4.24. The van der Waals surface area contributed by atoms with Crippen LogP contribution in [0, 0.1) is 6.10 Å². The van der Waals surface area contributed by atoms with Crippen LogP contribution in [-0.2, 0) is 0 Å². The van der Waals surface area contributed by atoms with Crippen LogP contribution in [0.5, 0.6) is 0 Å². The predicted molar refractivity (Wildman–Crippen MR) is 66.3 cm³/mol. The Balaban J connectivity index is 2.28. The third-order valence-electron chi connectivity index (χ3n) is 2.24. The SMILES string of the molecule is O[C](c1ccc(Cl)cc1)c1ccc(Cl)cc1. The number of aliphatic hydroxyl groups excluding tert-OH is 1. The van der Waals surface area contributed by atoms with Gasteiger partial charge in [-0.2, -0.15) is 0 Å².